The Morgan fingerprint density at radius 3 is 2.31 bits per heavy atom. The molecule has 72 valence electrons. The second kappa shape index (κ2) is 3.31. The smallest absolute Gasteiger partial charge is 0.0830 e. The van der Waals surface area contributed by atoms with Crippen molar-refractivity contribution in [2.75, 3.05) is 0 Å². The minimum absolute atomic E-state index is 0.117. The van der Waals surface area contributed by atoms with Crippen molar-refractivity contribution in [3.63, 3.8) is 0 Å². The lowest BCUT2D eigenvalue weighted by Gasteiger charge is -2.17. The first-order valence-electron chi connectivity index (χ1n) is 3.83. The molecule has 1 heterocycles. The highest BCUT2D eigenvalue weighted by molar-refractivity contribution is 7.12. The summed E-state index contributed by atoms with van der Waals surface area (Å²) in [7, 11) is 0. The second-order valence-corrected chi connectivity index (χ2v) is 5.09. The first-order valence-corrected chi connectivity index (χ1v) is 5.08. The van der Waals surface area contributed by atoms with Gasteiger partial charge in [0.05, 0.1) is 15.9 Å². The standard InChI is InChI=1S/C9H11ClO2S/c1-9(2,3)5-4-13-7(6(5)10)8(11)12/h4H,1-3H3,(H,11,12)/p-1. The van der Waals surface area contributed by atoms with Crippen molar-refractivity contribution in [1.82, 2.24) is 0 Å². The highest BCUT2D eigenvalue weighted by Crippen LogP contribution is 2.35. The molecule has 13 heavy (non-hydrogen) atoms. The van der Waals surface area contributed by atoms with Crippen LogP contribution in [0.4, 0.5) is 0 Å². The molecule has 0 bridgehead atoms. The maximum atomic E-state index is 10.6. The van der Waals surface area contributed by atoms with E-state index in [1.165, 1.54) is 0 Å². The Bertz CT molecular complexity index is 336. The minimum atomic E-state index is -1.20. The Hall–Kier alpha value is -0.540. The third kappa shape index (κ3) is 2.03. The first-order chi connectivity index (χ1) is 5.84. The number of halogens is 1. The molecule has 4 heteroatoms. The molecule has 0 fully saturated rings. The molecule has 0 unspecified atom stereocenters. The van der Waals surface area contributed by atoms with Gasteiger partial charge >= 0.3 is 0 Å². The molecule has 0 radical (unpaired) electrons. The van der Waals surface area contributed by atoms with Crippen LogP contribution >= 0.6 is 22.9 Å². The van der Waals surface area contributed by atoms with Gasteiger partial charge in [-0.25, -0.2) is 0 Å². The number of hydrogen-bond donors (Lipinski definition) is 0. The van der Waals surface area contributed by atoms with Crippen LogP contribution in [0.3, 0.4) is 0 Å². The fourth-order valence-electron chi connectivity index (χ4n) is 0.987. The van der Waals surface area contributed by atoms with Gasteiger partial charge in [-0.2, -0.15) is 0 Å². The van der Waals surface area contributed by atoms with Gasteiger partial charge in [0.1, 0.15) is 0 Å². The van der Waals surface area contributed by atoms with Crippen LogP contribution in [0.25, 0.3) is 0 Å². The van der Waals surface area contributed by atoms with E-state index in [1.54, 1.807) is 5.38 Å². The van der Waals surface area contributed by atoms with Gasteiger partial charge in [-0.1, -0.05) is 32.4 Å². The van der Waals surface area contributed by atoms with Gasteiger partial charge in [-0.3, -0.25) is 0 Å². The highest BCUT2D eigenvalue weighted by Gasteiger charge is 2.21. The molecule has 1 aromatic heterocycles. The summed E-state index contributed by atoms with van der Waals surface area (Å²) in [4.78, 5) is 10.7. The molecule has 0 spiro atoms. The molecule has 0 atom stereocenters. The van der Waals surface area contributed by atoms with Crippen molar-refractivity contribution in [1.29, 1.82) is 0 Å². The summed E-state index contributed by atoms with van der Waals surface area (Å²) in [5, 5.41) is 12.7. The highest BCUT2D eigenvalue weighted by atomic mass is 35.5. The van der Waals surface area contributed by atoms with Gasteiger partial charge in [0.2, 0.25) is 0 Å². The molecule has 1 aromatic rings. The normalized spacial score (nSPS) is 11.7. The molecule has 0 amide bonds. The van der Waals surface area contributed by atoms with Gasteiger partial charge in [-0.15, -0.1) is 11.3 Å². The molecule has 0 saturated heterocycles. The molecule has 0 aliphatic rings. The summed E-state index contributed by atoms with van der Waals surface area (Å²) >= 11 is 7.01. The number of carbonyl (C=O) groups is 1. The average Bonchev–Trinajstić information content (AvgIpc) is 2.28. The Labute approximate surface area is 86.2 Å². The number of aromatic carboxylic acids is 1. The Kier molecular flexibility index (Phi) is 2.68. The van der Waals surface area contributed by atoms with Crippen LogP contribution in [0.5, 0.6) is 0 Å². The number of carboxylic acids is 1. The molecular weight excluding hydrogens is 208 g/mol. The lowest BCUT2D eigenvalue weighted by Crippen LogP contribution is -2.21. The van der Waals surface area contributed by atoms with Gasteiger partial charge in [0.15, 0.2) is 0 Å². The van der Waals surface area contributed by atoms with Crippen molar-refractivity contribution in [2.24, 2.45) is 0 Å². The molecule has 1 rings (SSSR count). The minimum Gasteiger partial charge on any atom is -0.544 e. The van der Waals surface area contributed by atoms with Gasteiger partial charge in [-0.05, 0) is 16.4 Å². The third-order valence-electron chi connectivity index (χ3n) is 1.72. The van der Waals surface area contributed by atoms with E-state index in [1.807, 2.05) is 20.8 Å². The van der Waals surface area contributed by atoms with Crippen LogP contribution in [0.1, 0.15) is 36.0 Å². The Morgan fingerprint density at radius 2 is 2.08 bits per heavy atom. The van der Waals surface area contributed by atoms with Crippen LogP contribution in [-0.4, -0.2) is 5.97 Å². The fourth-order valence-corrected chi connectivity index (χ4v) is 2.62. The maximum Gasteiger partial charge on any atom is 0.0830 e. The summed E-state index contributed by atoms with van der Waals surface area (Å²) in [6.07, 6.45) is 0. The summed E-state index contributed by atoms with van der Waals surface area (Å²) in [5.41, 5.74) is 0.736. The molecular formula is C9H10ClO2S-. The summed E-state index contributed by atoms with van der Waals surface area (Å²) in [5.74, 6) is -1.20. The van der Waals surface area contributed by atoms with Crippen LogP contribution < -0.4 is 5.11 Å². The zero-order valence-corrected chi connectivity index (χ0v) is 9.25. The van der Waals surface area contributed by atoms with Crippen molar-refractivity contribution < 1.29 is 9.90 Å². The number of rotatable bonds is 1. The molecule has 0 aromatic carbocycles. The lowest BCUT2D eigenvalue weighted by molar-refractivity contribution is -0.254. The number of carbonyl (C=O) groups excluding carboxylic acids is 1. The molecule has 0 aliphatic heterocycles. The third-order valence-corrected chi connectivity index (χ3v) is 3.19. The fraction of sp³-hybridized carbons (Fsp3) is 0.444. The average molecular weight is 218 g/mol. The van der Waals surface area contributed by atoms with Crippen LogP contribution in [0, 0.1) is 0 Å². The zero-order chi connectivity index (χ0) is 10.2. The van der Waals surface area contributed by atoms with E-state index in [4.69, 9.17) is 11.6 Å². The van der Waals surface area contributed by atoms with Gasteiger partial charge in [0, 0.05) is 0 Å². The number of carboxylic acid groups (broad SMARTS) is 1. The van der Waals surface area contributed by atoms with E-state index in [2.05, 4.69) is 0 Å². The Morgan fingerprint density at radius 1 is 1.54 bits per heavy atom. The van der Waals surface area contributed by atoms with Crippen LogP contribution in [0.2, 0.25) is 5.02 Å². The van der Waals surface area contributed by atoms with Crippen molar-refractivity contribution in [3.05, 3.63) is 20.8 Å². The van der Waals surface area contributed by atoms with Crippen molar-refractivity contribution in [3.8, 4) is 0 Å². The predicted molar refractivity (Wildman–Crippen MR) is 52.4 cm³/mol. The van der Waals surface area contributed by atoms with Crippen molar-refractivity contribution >= 4 is 28.9 Å². The number of hydrogen-bond acceptors (Lipinski definition) is 3. The maximum absolute atomic E-state index is 10.6. The molecule has 0 N–H and O–H groups in total. The van der Waals surface area contributed by atoms with Crippen LogP contribution in [-0.2, 0) is 5.41 Å². The lowest BCUT2D eigenvalue weighted by atomic mass is 9.89. The van der Waals surface area contributed by atoms with E-state index in [-0.39, 0.29) is 10.3 Å². The summed E-state index contributed by atoms with van der Waals surface area (Å²) < 4.78 is 0. The van der Waals surface area contributed by atoms with Gasteiger partial charge in [0.25, 0.3) is 0 Å². The SMILES string of the molecule is CC(C)(C)c1csc(C(=O)[O-])c1Cl. The van der Waals surface area contributed by atoms with Crippen LogP contribution in [0.15, 0.2) is 5.38 Å². The molecule has 0 aliphatic carbocycles. The Balaban J connectivity index is 3.22. The monoisotopic (exact) mass is 217 g/mol. The van der Waals surface area contributed by atoms with E-state index < -0.39 is 5.97 Å². The predicted octanol–water partition coefficient (Wildman–Crippen LogP) is 2.06. The van der Waals surface area contributed by atoms with Gasteiger partial charge < -0.3 is 9.90 Å². The van der Waals surface area contributed by atoms with E-state index in [0.717, 1.165) is 16.9 Å². The molecule has 0 saturated carbocycles. The quantitative estimate of drug-likeness (QED) is 0.723. The summed E-state index contributed by atoms with van der Waals surface area (Å²) in [6.45, 7) is 5.96. The zero-order valence-electron chi connectivity index (χ0n) is 7.68. The topological polar surface area (TPSA) is 40.1 Å². The second-order valence-electron chi connectivity index (χ2n) is 3.83. The van der Waals surface area contributed by atoms with E-state index in [0.29, 0.717) is 5.02 Å². The molecule has 2 nitrogen and oxygen atoms in total. The summed E-state index contributed by atoms with van der Waals surface area (Å²) in [6, 6.07) is 0. The number of thiophene rings is 1. The van der Waals surface area contributed by atoms with Crippen molar-refractivity contribution in [2.45, 2.75) is 26.2 Å². The van der Waals surface area contributed by atoms with E-state index in [9.17, 15) is 9.90 Å². The first kappa shape index (κ1) is 10.5. The van der Waals surface area contributed by atoms with E-state index >= 15 is 0 Å². The largest absolute Gasteiger partial charge is 0.544 e.